The number of rotatable bonds is 1. The van der Waals surface area contributed by atoms with Crippen LogP contribution in [0, 0.1) is 12.5 Å². The molecule has 1 aromatic rings. The topological polar surface area (TPSA) is 13.6 Å². The van der Waals surface area contributed by atoms with Gasteiger partial charge in [-0.3, -0.25) is 0 Å². The number of hydrogen-bond donors (Lipinski definition) is 0. The van der Waals surface area contributed by atoms with Crippen LogP contribution in [0.1, 0.15) is 42.9 Å². The Morgan fingerprint density at radius 2 is 2.00 bits per heavy atom. The Labute approximate surface area is 107 Å². The standard InChI is InChI=1S/C15H16FNO/c1-17-13-6-7-14-11(8-13)9-18-15(14)10-2-4-12(16)5-3-10/h6-8,10,12,15H,2-5,9H2. The molecular formula is C15H16FNO. The first kappa shape index (κ1) is 11.7. The highest BCUT2D eigenvalue weighted by molar-refractivity contribution is 5.50. The zero-order valence-corrected chi connectivity index (χ0v) is 10.2. The van der Waals surface area contributed by atoms with Crippen molar-refractivity contribution in [2.75, 3.05) is 0 Å². The maximum atomic E-state index is 13.2. The van der Waals surface area contributed by atoms with E-state index in [-0.39, 0.29) is 6.10 Å². The Hall–Kier alpha value is -1.40. The largest absolute Gasteiger partial charge is 0.369 e. The summed E-state index contributed by atoms with van der Waals surface area (Å²) in [6.45, 7) is 7.61. The van der Waals surface area contributed by atoms with E-state index in [1.807, 2.05) is 18.2 Å². The summed E-state index contributed by atoms with van der Waals surface area (Å²) in [5.41, 5.74) is 3.02. The van der Waals surface area contributed by atoms with Crippen molar-refractivity contribution in [2.24, 2.45) is 5.92 Å². The van der Waals surface area contributed by atoms with E-state index in [1.165, 1.54) is 5.56 Å². The van der Waals surface area contributed by atoms with Gasteiger partial charge in [-0.15, -0.1) is 0 Å². The Kier molecular flexibility index (Phi) is 3.05. The van der Waals surface area contributed by atoms with Crippen molar-refractivity contribution < 1.29 is 9.13 Å². The van der Waals surface area contributed by atoms with Crippen molar-refractivity contribution >= 4 is 5.69 Å². The molecule has 1 heterocycles. The van der Waals surface area contributed by atoms with Gasteiger partial charge in [0.2, 0.25) is 0 Å². The number of nitrogens with zero attached hydrogens (tertiary/aromatic N) is 1. The summed E-state index contributed by atoms with van der Waals surface area (Å²) < 4.78 is 19.0. The Balaban J connectivity index is 1.80. The van der Waals surface area contributed by atoms with Gasteiger partial charge in [0.25, 0.3) is 0 Å². The quantitative estimate of drug-likeness (QED) is 0.671. The lowest BCUT2D eigenvalue weighted by atomic mass is 9.82. The molecule has 0 bridgehead atoms. The van der Waals surface area contributed by atoms with Gasteiger partial charge < -0.3 is 4.74 Å². The van der Waals surface area contributed by atoms with E-state index in [0.717, 1.165) is 18.4 Å². The first-order chi connectivity index (χ1) is 8.78. The smallest absolute Gasteiger partial charge is 0.187 e. The Morgan fingerprint density at radius 1 is 1.22 bits per heavy atom. The lowest BCUT2D eigenvalue weighted by Crippen LogP contribution is -2.20. The van der Waals surface area contributed by atoms with Crippen molar-refractivity contribution in [1.29, 1.82) is 0 Å². The number of ether oxygens (including phenoxy) is 1. The third kappa shape index (κ3) is 2.02. The van der Waals surface area contributed by atoms with Gasteiger partial charge in [0.05, 0.1) is 19.3 Å². The third-order valence-corrected chi connectivity index (χ3v) is 4.11. The summed E-state index contributed by atoms with van der Waals surface area (Å²) in [7, 11) is 0. The van der Waals surface area contributed by atoms with E-state index in [0.29, 0.717) is 31.1 Å². The monoisotopic (exact) mass is 245 g/mol. The van der Waals surface area contributed by atoms with Gasteiger partial charge in [-0.1, -0.05) is 18.2 Å². The van der Waals surface area contributed by atoms with Crippen LogP contribution in [-0.4, -0.2) is 6.17 Å². The van der Waals surface area contributed by atoms with E-state index in [1.54, 1.807) is 0 Å². The average Bonchev–Trinajstić information content (AvgIpc) is 2.82. The van der Waals surface area contributed by atoms with Crippen molar-refractivity contribution in [3.63, 3.8) is 0 Å². The second kappa shape index (κ2) is 4.70. The van der Waals surface area contributed by atoms with E-state index >= 15 is 0 Å². The molecule has 1 aliphatic carbocycles. The fourth-order valence-electron chi connectivity index (χ4n) is 3.10. The van der Waals surface area contributed by atoms with Crippen LogP contribution in [0.15, 0.2) is 18.2 Å². The zero-order valence-electron chi connectivity index (χ0n) is 10.2. The van der Waals surface area contributed by atoms with Gasteiger partial charge >= 0.3 is 0 Å². The predicted octanol–water partition coefficient (Wildman–Crippen LogP) is 4.34. The number of halogens is 1. The third-order valence-electron chi connectivity index (χ3n) is 4.11. The summed E-state index contributed by atoms with van der Waals surface area (Å²) in [6, 6.07) is 5.79. The summed E-state index contributed by atoms with van der Waals surface area (Å²) in [5.74, 6) is 0.442. The van der Waals surface area contributed by atoms with Crippen LogP contribution >= 0.6 is 0 Å². The molecule has 0 saturated heterocycles. The molecule has 3 rings (SSSR count). The lowest BCUT2D eigenvalue weighted by molar-refractivity contribution is 0.00262. The molecule has 1 saturated carbocycles. The number of fused-ring (bicyclic) bond motifs is 1. The highest BCUT2D eigenvalue weighted by Crippen LogP contribution is 2.43. The van der Waals surface area contributed by atoms with E-state index in [9.17, 15) is 4.39 Å². The molecule has 0 aromatic heterocycles. The van der Waals surface area contributed by atoms with E-state index in [4.69, 9.17) is 11.3 Å². The van der Waals surface area contributed by atoms with Gasteiger partial charge in [-0.25, -0.2) is 9.24 Å². The second-order valence-corrected chi connectivity index (χ2v) is 5.24. The fourth-order valence-corrected chi connectivity index (χ4v) is 3.10. The molecular weight excluding hydrogens is 229 g/mol. The molecule has 0 amide bonds. The molecule has 0 spiro atoms. The van der Waals surface area contributed by atoms with E-state index < -0.39 is 6.17 Å². The molecule has 0 N–H and O–H groups in total. The number of benzene rings is 1. The van der Waals surface area contributed by atoms with Crippen LogP contribution in [0.25, 0.3) is 4.85 Å². The van der Waals surface area contributed by atoms with Gasteiger partial charge in [-0.05, 0) is 42.7 Å². The highest BCUT2D eigenvalue weighted by Gasteiger charge is 2.33. The first-order valence-electron chi connectivity index (χ1n) is 6.54. The van der Waals surface area contributed by atoms with Crippen LogP contribution < -0.4 is 0 Å². The minimum Gasteiger partial charge on any atom is -0.369 e. The van der Waals surface area contributed by atoms with Crippen molar-refractivity contribution in [3.05, 3.63) is 40.7 Å². The molecule has 1 fully saturated rings. The van der Waals surface area contributed by atoms with Crippen molar-refractivity contribution in [3.8, 4) is 0 Å². The van der Waals surface area contributed by atoms with Crippen LogP contribution in [0.2, 0.25) is 0 Å². The first-order valence-corrected chi connectivity index (χ1v) is 6.54. The summed E-state index contributed by atoms with van der Waals surface area (Å²) >= 11 is 0. The van der Waals surface area contributed by atoms with Gasteiger partial charge in [-0.2, -0.15) is 0 Å². The SMILES string of the molecule is [C-]#[N+]c1ccc2c(c1)COC2C1CCC(F)CC1. The molecule has 2 aliphatic rings. The van der Waals surface area contributed by atoms with Crippen LogP contribution in [0.4, 0.5) is 10.1 Å². The molecule has 1 aliphatic heterocycles. The summed E-state index contributed by atoms with van der Waals surface area (Å²) in [5, 5.41) is 0. The summed E-state index contributed by atoms with van der Waals surface area (Å²) in [4.78, 5) is 3.44. The van der Waals surface area contributed by atoms with Gasteiger partial charge in [0.1, 0.15) is 6.17 Å². The highest BCUT2D eigenvalue weighted by atomic mass is 19.1. The second-order valence-electron chi connectivity index (χ2n) is 5.24. The Morgan fingerprint density at radius 3 is 2.72 bits per heavy atom. The van der Waals surface area contributed by atoms with E-state index in [2.05, 4.69) is 4.85 Å². The molecule has 1 atom stereocenters. The molecule has 1 aromatic carbocycles. The minimum atomic E-state index is -0.619. The van der Waals surface area contributed by atoms with Crippen molar-refractivity contribution in [1.82, 2.24) is 0 Å². The molecule has 2 nitrogen and oxygen atoms in total. The van der Waals surface area contributed by atoms with Crippen LogP contribution in [-0.2, 0) is 11.3 Å². The zero-order chi connectivity index (χ0) is 12.5. The van der Waals surface area contributed by atoms with Crippen molar-refractivity contribution in [2.45, 2.75) is 44.6 Å². The van der Waals surface area contributed by atoms with Gasteiger partial charge in [0, 0.05) is 0 Å². The normalized spacial score (nSPS) is 30.8. The minimum absolute atomic E-state index is 0.118. The number of hydrogen-bond acceptors (Lipinski definition) is 1. The molecule has 94 valence electrons. The molecule has 3 heteroatoms. The number of alkyl halides is 1. The Bertz CT molecular complexity index is 486. The average molecular weight is 245 g/mol. The van der Waals surface area contributed by atoms with Crippen LogP contribution in [0.5, 0.6) is 0 Å². The van der Waals surface area contributed by atoms with Crippen LogP contribution in [0.3, 0.4) is 0 Å². The lowest BCUT2D eigenvalue weighted by Gasteiger charge is -2.29. The fraction of sp³-hybridized carbons (Fsp3) is 0.533. The van der Waals surface area contributed by atoms with Gasteiger partial charge in [0.15, 0.2) is 5.69 Å². The predicted molar refractivity (Wildman–Crippen MR) is 67.1 cm³/mol. The molecule has 0 radical (unpaired) electrons. The maximum absolute atomic E-state index is 13.2. The maximum Gasteiger partial charge on any atom is 0.187 e. The molecule has 1 unspecified atom stereocenters. The summed E-state index contributed by atoms with van der Waals surface area (Å²) in [6.07, 6.45) is 2.66. The molecule has 18 heavy (non-hydrogen) atoms.